The van der Waals surface area contributed by atoms with Crippen LogP contribution in [0.25, 0.3) is 0 Å². The van der Waals surface area contributed by atoms with Gasteiger partial charge in [-0.05, 0) is 13.8 Å². The number of benzene rings is 1. The second-order valence-corrected chi connectivity index (χ2v) is 3.28. The Morgan fingerprint density at radius 3 is 1.44 bits per heavy atom. The molecule has 0 aliphatic heterocycles. The van der Waals surface area contributed by atoms with Crippen molar-refractivity contribution < 1.29 is 19.7 Å². The molecule has 1 aromatic carbocycles. The topological polar surface area (TPSA) is 58.9 Å². The third-order valence-electron chi connectivity index (χ3n) is 2.16. The zero-order valence-corrected chi connectivity index (χ0v) is 9.59. The normalized spacial score (nSPS) is 14.8. The first-order chi connectivity index (χ1) is 7.69. The fraction of sp³-hybridized carbons (Fsp3) is 0.500. The number of rotatable bonds is 6. The smallest absolute Gasteiger partial charge is 0.181 e. The molecule has 1 aromatic rings. The van der Waals surface area contributed by atoms with Gasteiger partial charge in [0.25, 0.3) is 0 Å². The standard InChI is InChI=1S/C12H18O4/c1-3-15-11(13)9-5-7-10(8-6-9)12(14)16-4-2/h5-8,11-14H,3-4H2,1-2H3. The number of hydrogen-bond acceptors (Lipinski definition) is 4. The summed E-state index contributed by atoms with van der Waals surface area (Å²) in [5.74, 6) is 0. The van der Waals surface area contributed by atoms with E-state index in [4.69, 9.17) is 9.47 Å². The van der Waals surface area contributed by atoms with E-state index in [9.17, 15) is 10.2 Å². The Morgan fingerprint density at radius 1 is 0.875 bits per heavy atom. The number of hydrogen-bond donors (Lipinski definition) is 2. The highest BCUT2D eigenvalue weighted by molar-refractivity contribution is 5.24. The molecular formula is C12H18O4. The molecule has 4 heteroatoms. The third kappa shape index (κ3) is 3.57. The molecule has 2 N–H and O–H groups in total. The Bertz CT molecular complexity index is 265. The molecule has 0 radical (unpaired) electrons. The van der Waals surface area contributed by atoms with E-state index in [1.54, 1.807) is 24.3 Å². The first kappa shape index (κ1) is 13.1. The summed E-state index contributed by atoms with van der Waals surface area (Å²) < 4.78 is 10.1. The van der Waals surface area contributed by atoms with E-state index in [1.807, 2.05) is 13.8 Å². The Morgan fingerprint density at radius 2 is 1.19 bits per heavy atom. The number of aliphatic hydroxyl groups excluding tert-OH is 2. The molecule has 0 saturated heterocycles. The molecule has 90 valence electrons. The highest BCUT2D eigenvalue weighted by Gasteiger charge is 2.09. The van der Waals surface area contributed by atoms with Gasteiger partial charge in [-0.3, -0.25) is 0 Å². The molecule has 0 aromatic heterocycles. The summed E-state index contributed by atoms with van der Waals surface area (Å²) in [4.78, 5) is 0. The van der Waals surface area contributed by atoms with E-state index < -0.39 is 12.6 Å². The van der Waals surface area contributed by atoms with Crippen molar-refractivity contribution in [3.05, 3.63) is 35.4 Å². The summed E-state index contributed by atoms with van der Waals surface area (Å²) in [5.41, 5.74) is 1.32. The molecule has 0 saturated carbocycles. The van der Waals surface area contributed by atoms with Gasteiger partial charge in [-0.2, -0.15) is 0 Å². The SMILES string of the molecule is CCOC(O)c1ccc(C(O)OCC)cc1. The third-order valence-corrected chi connectivity index (χ3v) is 2.16. The molecule has 0 fully saturated rings. The van der Waals surface area contributed by atoms with E-state index in [0.29, 0.717) is 24.3 Å². The molecule has 4 nitrogen and oxygen atoms in total. The molecule has 0 heterocycles. The van der Waals surface area contributed by atoms with Gasteiger partial charge in [-0.15, -0.1) is 0 Å². The van der Waals surface area contributed by atoms with Gasteiger partial charge in [-0.25, -0.2) is 0 Å². The average Bonchev–Trinajstić information content (AvgIpc) is 2.30. The van der Waals surface area contributed by atoms with Gasteiger partial charge in [0, 0.05) is 24.3 Å². The Kier molecular flexibility index (Phi) is 5.42. The maximum Gasteiger partial charge on any atom is 0.181 e. The van der Waals surface area contributed by atoms with Crippen LogP contribution in [-0.4, -0.2) is 23.4 Å². The Hall–Kier alpha value is -0.940. The minimum Gasteiger partial charge on any atom is -0.364 e. The summed E-state index contributed by atoms with van der Waals surface area (Å²) in [6.45, 7) is 4.53. The van der Waals surface area contributed by atoms with Crippen molar-refractivity contribution in [2.45, 2.75) is 26.4 Å². The van der Waals surface area contributed by atoms with Crippen molar-refractivity contribution in [3.8, 4) is 0 Å². The molecule has 0 aliphatic carbocycles. The van der Waals surface area contributed by atoms with E-state index >= 15 is 0 Å². The Balaban J connectivity index is 2.67. The maximum atomic E-state index is 9.54. The van der Waals surface area contributed by atoms with Crippen molar-refractivity contribution in [1.82, 2.24) is 0 Å². The summed E-state index contributed by atoms with van der Waals surface area (Å²) >= 11 is 0. The predicted molar refractivity (Wildman–Crippen MR) is 59.6 cm³/mol. The van der Waals surface area contributed by atoms with Crippen LogP contribution in [0.4, 0.5) is 0 Å². The lowest BCUT2D eigenvalue weighted by Gasteiger charge is -2.13. The maximum absolute atomic E-state index is 9.54. The fourth-order valence-corrected chi connectivity index (χ4v) is 1.33. The highest BCUT2D eigenvalue weighted by Crippen LogP contribution is 2.19. The molecule has 0 spiro atoms. The van der Waals surface area contributed by atoms with Gasteiger partial charge in [-0.1, -0.05) is 24.3 Å². The zero-order valence-electron chi connectivity index (χ0n) is 9.59. The molecule has 16 heavy (non-hydrogen) atoms. The Labute approximate surface area is 95.4 Å². The predicted octanol–water partition coefficient (Wildman–Crippen LogP) is 1.74. The van der Waals surface area contributed by atoms with Crippen LogP contribution in [0, 0.1) is 0 Å². The molecule has 0 bridgehead atoms. The molecule has 0 amide bonds. The van der Waals surface area contributed by atoms with Gasteiger partial charge in [0.2, 0.25) is 0 Å². The molecule has 2 unspecified atom stereocenters. The molecular weight excluding hydrogens is 208 g/mol. The number of ether oxygens (including phenoxy) is 2. The van der Waals surface area contributed by atoms with Gasteiger partial charge in [0.05, 0.1) is 0 Å². The molecule has 1 rings (SSSR count). The lowest BCUT2D eigenvalue weighted by molar-refractivity contribution is -0.100. The van der Waals surface area contributed by atoms with Gasteiger partial charge >= 0.3 is 0 Å². The van der Waals surface area contributed by atoms with Gasteiger partial charge in [0.15, 0.2) is 12.6 Å². The van der Waals surface area contributed by atoms with E-state index in [0.717, 1.165) is 0 Å². The second-order valence-electron chi connectivity index (χ2n) is 3.28. The van der Waals surface area contributed by atoms with Crippen molar-refractivity contribution in [2.75, 3.05) is 13.2 Å². The second kappa shape index (κ2) is 6.60. The van der Waals surface area contributed by atoms with Crippen molar-refractivity contribution in [1.29, 1.82) is 0 Å². The largest absolute Gasteiger partial charge is 0.364 e. The quantitative estimate of drug-likeness (QED) is 0.725. The minimum absolute atomic E-state index is 0.449. The molecule has 2 atom stereocenters. The summed E-state index contributed by atoms with van der Waals surface area (Å²) in [5, 5.41) is 19.1. The summed E-state index contributed by atoms with van der Waals surface area (Å²) in [6.07, 6.45) is -1.83. The van der Waals surface area contributed by atoms with Crippen LogP contribution in [0.15, 0.2) is 24.3 Å². The molecule has 0 aliphatic rings. The summed E-state index contributed by atoms with van der Waals surface area (Å²) in [6, 6.07) is 6.82. The van der Waals surface area contributed by atoms with Crippen LogP contribution in [-0.2, 0) is 9.47 Å². The first-order valence-electron chi connectivity index (χ1n) is 5.38. The van der Waals surface area contributed by atoms with Crippen LogP contribution in [0.1, 0.15) is 37.6 Å². The van der Waals surface area contributed by atoms with Gasteiger partial charge < -0.3 is 19.7 Å². The van der Waals surface area contributed by atoms with Crippen LogP contribution in [0.3, 0.4) is 0 Å². The van der Waals surface area contributed by atoms with E-state index in [2.05, 4.69) is 0 Å². The monoisotopic (exact) mass is 226 g/mol. The van der Waals surface area contributed by atoms with E-state index in [-0.39, 0.29) is 0 Å². The average molecular weight is 226 g/mol. The summed E-state index contributed by atoms with van der Waals surface area (Å²) in [7, 11) is 0. The van der Waals surface area contributed by atoms with Crippen LogP contribution in [0.5, 0.6) is 0 Å². The van der Waals surface area contributed by atoms with Crippen LogP contribution in [0.2, 0.25) is 0 Å². The first-order valence-corrected chi connectivity index (χ1v) is 5.38. The highest BCUT2D eigenvalue weighted by atomic mass is 16.6. The minimum atomic E-state index is -0.914. The lowest BCUT2D eigenvalue weighted by atomic mass is 10.1. The zero-order chi connectivity index (χ0) is 12.0. The fourth-order valence-electron chi connectivity index (χ4n) is 1.33. The van der Waals surface area contributed by atoms with Crippen molar-refractivity contribution in [2.24, 2.45) is 0 Å². The van der Waals surface area contributed by atoms with Crippen molar-refractivity contribution >= 4 is 0 Å². The van der Waals surface area contributed by atoms with Gasteiger partial charge in [0.1, 0.15) is 0 Å². The van der Waals surface area contributed by atoms with Crippen LogP contribution >= 0.6 is 0 Å². The van der Waals surface area contributed by atoms with Crippen molar-refractivity contribution in [3.63, 3.8) is 0 Å². The van der Waals surface area contributed by atoms with E-state index in [1.165, 1.54) is 0 Å². The lowest BCUT2D eigenvalue weighted by Crippen LogP contribution is -2.05. The number of aliphatic hydroxyl groups is 2. The van der Waals surface area contributed by atoms with Crippen LogP contribution < -0.4 is 0 Å².